The van der Waals surface area contributed by atoms with E-state index in [9.17, 15) is 0 Å². The van der Waals surface area contributed by atoms with Crippen LogP contribution in [0, 0.1) is 0 Å². The van der Waals surface area contributed by atoms with E-state index in [1.165, 1.54) is 5.56 Å². The molecule has 1 aromatic rings. The number of thiocarbonyl (C=S) groups is 2. The molecule has 1 aromatic carbocycles. The Morgan fingerprint density at radius 2 is 1.94 bits per heavy atom. The van der Waals surface area contributed by atoms with Crippen molar-refractivity contribution in [1.82, 2.24) is 4.90 Å². The normalized spacial score (nSPS) is 17.6. The fourth-order valence-electron chi connectivity index (χ4n) is 2.33. The number of rotatable bonds is 3. The summed E-state index contributed by atoms with van der Waals surface area (Å²) >= 11 is 11.2. The highest BCUT2D eigenvalue weighted by Crippen LogP contribution is 2.35. The van der Waals surface area contributed by atoms with E-state index in [0.717, 1.165) is 28.5 Å². The lowest BCUT2D eigenvalue weighted by atomic mass is 9.78. The molecule has 94 valence electrons. The Labute approximate surface area is 119 Å². The first-order chi connectivity index (χ1) is 8.50. The molecule has 0 amide bonds. The Hall–Kier alpha value is -1.06. The summed E-state index contributed by atoms with van der Waals surface area (Å²) in [5.74, 6) is 0. The summed E-state index contributed by atoms with van der Waals surface area (Å²) < 4.78 is 0. The molecule has 1 nitrogen and oxygen atoms in total. The van der Waals surface area contributed by atoms with Crippen LogP contribution in [0.3, 0.4) is 0 Å². The third-order valence-corrected chi connectivity index (χ3v) is 4.58. The van der Waals surface area contributed by atoms with E-state index < -0.39 is 0 Å². The van der Waals surface area contributed by atoms with E-state index in [2.05, 4.69) is 37.5 Å². The van der Waals surface area contributed by atoms with Gasteiger partial charge in [-0.15, -0.1) is 6.58 Å². The Balaban J connectivity index is 2.50. The molecule has 0 atom stereocenters. The lowest BCUT2D eigenvalue weighted by molar-refractivity contribution is 0.547. The van der Waals surface area contributed by atoms with Gasteiger partial charge < -0.3 is 4.90 Å². The molecule has 18 heavy (non-hydrogen) atoms. The van der Waals surface area contributed by atoms with E-state index in [1.807, 2.05) is 18.2 Å². The van der Waals surface area contributed by atoms with Gasteiger partial charge in [-0.25, -0.2) is 0 Å². The molecule has 1 aliphatic rings. The highest BCUT2D eigenvalue weighted by Gasteiger charge is 2.38. The summed E-state index contributed by atoms with van der Waals surface area (Å²) in [6.45, 7) is 8.91. The maximum atomic E-state index is 5.63. The Bertz CT molecular complexity index is 517. The van der Waals surface area contributed by atoms with Crippen molar-refractivity contribution in [1.29, 1.82) is 0 Å². The van der Waals surface area contributed by atoms with Gasteiger partial charge in [0.05, 0.1) is 4.99 Å². The Morgan fingerprint density at radius 3 is 2.61 bits per heavy atom. The molecule has 0 spiro atoms. The third-order valence-electron chi connectivity index (χ3n) is 3.41. The van der Waals surface area contributed by atoms with Crippen LogP contribution in [0.15, 0.2) is 36.9 Å². The van der Waals surface area contributed by atoms with Crippen LogP contribution in [0.2, 0.25) is 0 Å². The van der Waals surface area contributed by atoms with E-state index >= 15 is 0 Å². The highest BCUT2D eigenvalue weighted by molar-refractivity contribution is 7.82. The van der Waals surface area contributed by atoms with Crippen molar-refractivity contribution in [3.8, 4) is 0 Å². The van der Waals surface area contributed by atoms with E-state index in [4.69, 9.17) is 24.4 Å². The van der Waals surface area contributed by atoms with Gasteiger partial charge in [0.1, 0.15) is 4.99 Å². The third kappa shape index (κ3) is 2.02. The molecule has 1 heterocycles. The van der Waals surface area contributed by atoms with Crippen LogP contribution < -0.4 is 0 Å². The molecule has 0 unspecified atom stereocenters. The average molecular weight is 275 g/mol. The summed E-state index contributed by atoms with van der Waals surface area (Å²) in [7, 11) is 0. The molecular formula is C15H17NS2. The minimum Gasteiger partial charge on any atom is -0.326 e. The van der Waals surface area contributed by atoms with Crippen LogP contribution in [0.5, 0.6) is 0 Å². The SMILES string of the molecule is C=CCCN1C(=S)c2ccccc2C(C)(C)C1=S. The fraction of sp³-hybridized carbons (Fsp3) is 0.333. The maximum absolute atomic E-state index is 5.63. The van der Waals surface area contributed by atoms with Gasteiger partial charge in [-0.2, -0.15) is 0 Å². The molecule has 0 bridgehead atoms. The number of fused-ring (bicyclic) bond motifs is 1. The van der Waals surface area contributed by atoms with Crippen molar-refractivity contribution in [2.75, 3.05) is 6.54 Å². The number of hydrogen-bond acceptors (Lipinski definition) is 2. The lowest BCUT2D eigenvalue weighted by Gasteiger charge is -2.41. The number of nitrogens with zero attached hydrogens (tertiary/aromatic N) is 1. The van der Waals surface area contributed by atoms with Crippen LogP contribution in [0.25, 0.3) is 0 Å². The van der Waals surface area contributed by atoms with Crippen molar-refractivity contribution < 1.29 is 0 Å². The maximum Gasteiger partial charge on any atom is 0.114 e. The van der Waals surface area contributed by atoms with E-state index in [-0.39, 0.29) is 5.41 Å². The second-order valence-electron chi connectivity index (χ2n) is 5.01. The minimum absolute atomic E-state index is 0.143. The lowest BCUT2D eigenvalue weighted by Crippen LogP contribution is -2.50. The molecule has 0 fully saturated rings. The van der Waals surface area contributed by atoms with Crippen molar-refractivity contribution in [2.24, 2.45) is 0 Å². The predicted octanol–water partition coefficient (Wildman–Crippen LogP) is 3.86. The van der Waals surface area contributed by atoms with Crippen molar-refractivity contribution >= 4 is 34.4 Å². The zero-order valence-corrected chi connectivity index (χ0v) is 12.4. The van der Waals surface area contributed by atoms with Gasteiger partial charge in [-0.05, 0) is 25.8 Å². The van der Waals surface area contributed by atoms with Crippen LogP contribution in [0.4, 0.5) is 0 Å². The highest BCUT2D eigenvalue weighted by atomic mass is 32.1. The van der Waals surface area contributed by atoms with E-state index in [0.29, 0.717) is 0 Å². The average Bonchev–Trinajstić information content (AvgIpc) is 2.37. The molecule has 0 aliphatic carbocycles. The second-order valence-corrected chi connectivity index (χ2v) is 5.78. The largest absolute Gasteiger partial charge is 0.326 e. The molecular weight excluding hydrogens is 258 g/mol. The number of benzene rings is 1. The van der Waals surface area contributed by atoms with Gasteiger partial charge in [0, 0.05) is 17.5 Å². The molecule has 2 rings (SSSR count). The first-order valence-electron chi connectivity index (χ1n) is 6.07. The van der Waals surface area contributed by atoms with Crippen molar-refractivity contribution in [3.05, 3.63) is 48.0 Å². The summed E-state index contributed by atoms with van der Waals surface area (Å²) in [4.78, 5) is 3.83. The molecule has 0 saturated heterocycles. The van der Waals surface area contributed by atoms with E-state index in [1.54, 1.807) is 0 Å². The van der Waals surface area contributed by atoms with Gasteiger partial charge in [0.25, 0.3) is 0 Å². The van der Waals surface area contributed by atoms with Gasteiger partial charge >= 0.3 is 0 Å². The van der Waals surface area contributed by atoms with Gasteiger partial charge in [-0.1, -0.05) is 54.8 Å². The monoisotopic (exact) mass is 275 g/mol. The molecule has 0 saturated carbocycles. The van der Waals surface area contributed by atoms with Gasteiger partial charge in [0.15, 0.2) is 0 Å². The first-order valence-corrected chi connectivity index (χ1v) is 6.88. The summed E-state index contributed by atoms with van der Waals surface area (Å²) in [6, 6.07) is 8.29. The fourth-order valence-corrected chi connectivity index (χ4v) is 3.04. The van der Waals surface area contributed by atoms with Crippen LogP contribution in [-0.4, -0.2) is 21.4 Å². The Morgan fingerprint density at radius 1 is 1.28 bits per heavy atom. The van der Waals surface area contributed by atoms with Gasteiger partial charge in [-0.3, -0.25) is 0 Å². The zero-order valence-electron chi connectivity index (χ0n) is 10.8. The Kier molecular flexibility index (Phi) is 3.64. The summed E-state index contributed by atoms with van der Waals surface area (Å²) in [5, 5.41) is 0. The van der Waals surface area contributed by atoms with Crippen LogP contribution in [0.1, 0.15) is 31.4 Å². The second kappa shape index (κ2) is 4.90. The van der Waals surface area contributed by atoms with Crippen LogP contribution >= 0.6 is 24.4 Å². The molecule has 0 radical (unpaired) electrons. The quantitative estimate of drug-likeness (QED) is 0.609. The zero-order chi connectivity index (χ0) is 13.3. The molecule has 0 N–H and O–H groups in total. The molecule has 0 aromatic heterocycles. The first kappa shape index (κ1) is 13.4. The summed E-state index contributed by atoms with van der Waals surface area (Å²) in [6.07, 6.45) is 2.79. The topological polar surface area (TPSA) is 3.24 Å². The molecule has 1 aliphatic heterocycles. The smallest absolute Gasteiger partial charge is 0.114 e. The number of hydrogen-bond donors (Lipinski definition) is 0. The van der Waals surface area contributed by atoms with Crippen molar-refractivity contribution in [3.63, 3.8) is 0 Å². The standard InChI is InChI=1S/C15H17NS2/c1-4-5-10-16-13(17)11-8-6-7-9-12(11)15(2,3)14(16)18/h4,6-9H,1,5,10H2,2-3H3. The predicted molar refractivity (Wildman–Crippen MR) is 85.3 cm³/mol. The van der Waals surface area contributed by atoms with Crippen LogP contribution in [-0.2, 0) is 5.41 Å². The summed E-state index contributed by atoms with van der Waals surface area (Å²) in [5.41, 5.74) is 2.22. The van der Waals surface area contributed by atoms with Crippen molar-refractivity contribution in [2.45, 2.75) is 25.7 Å². The molecule has 3 heteroatoms. The van der Waals surface area contributed by atoms with Gasteiger partial charge in [0.2, 0.25) is 0 Å². The minimum atomic E-state index is -0.143.